The second-order valence-corrected chi connectivity index (χ2v) is 8.20. The molecule has 1 fully saturated rings. The van der Waals surface area contributed by atoms with Gasteiger partial charge in [-0.1, -0.05) is 56.3 Å². The van der Waals surface area contributed by atoms with Crippen LogP contribution in [0.1, 0.15) is 51.5 Å². The third-order valence-electron chi connectivity index (χ3n) is 6.03. The van der Waals surface area contributed by atoms with Crippen molar-refractivity contribution >= 4 is 23.2 Å². The number of para-hydroxylation sites is 2. The van der Waals surface area contributed by atoms with Gasteiger partial charge in [0.2, 0.25) is 11.8 Å². The third-order valence-corrected chi connectivity index (χ3v) is 6.03. The van der Waals surface area contributed by atoms with Gasteiger partial charge < -0.3 is 15.1 Å². The second-order valence-electron chi connectivity index (χ2n) is 8.20. The molecule has 0 radical (unpaired) electrons. The second kappa shape index (κ2) is 11.7. The molecule has 2 amide bonds. The molecular weight excluding hydrogens is 386 g/mol. The molecule has 166 valence electrons. The van der Waals surface area contributed by atoms with Gasteiger partial charge >= 0.3 is 0 Å². The summed E-state index contributed by atoms with van der Waals surface area (Å²) in [5, 5.41) is 2.97. The molecule has 0 unspecified atom stereocenters. The van der Waals surface area contributed by atoms with Crippen LogP contribution in [0.3, 0.4) is 0 Å². The molecule has 0 atom stereocenters. The van der Waals surface area contributed by atoms with Crippen LogP contribution < -0.4 is 10.2 Å². The van der Waals surface area contributed by atoms with Crippen LogP contribution in [0.2, 0.25) is 0 Å². The number of nitrogens with one attached hydrogen (secondary N) is 1. The van der Waals surface area contributed by atoms with E-state index in [2.05, 4.69) is 40.5 Å². The number of benzene rings is 2. The SMILES string of the molecule is CCC(=O)Nc1ccccc1N(C(=O)CC)C1CCN(CCCc2ccccc2)CC1. The number of likely N-dealkylation sites (tertiary alicyclic amines) is 1. The smallest absolute Gasteiger partial charge is 0.227 e. The highest BCUT2D eigenvalue weighted by molar-refractivity contribution is 6.01. The Hall–Kier alpha value is -2.66. The molecule has 2 aromatic carbocycles. The van der Waals surface area contributed by atoms with Crippen LogP contribution in [-0.4, -0.2) is 42.4 Å². The number of carbonyl (C=O) groups is 2. The van der Waals surface area contributed by atoms with Crippen LogP contribution in [-0.2, 0) is 16.0 Å². The van der Waals surface area contributed by atoms with E-state index < -0.39 is 0 Å². The zero-order valence-corrected chi connectivity index (χ0v) is 18.8. The van der Waals surface area contributed by atoms with E-state index in [-0.39, 0.29) is 17.9 Å². The van der Waals surface area contributed by atoms with Gasteiger partial charge in [0.15, 0.2) is 0 Å². The van der Waals surface area contributed by atoms with Crippen molar-refractivity contribution in [3.05, 3.63) is 60.2 Å². The average Bonchev–Trinajstić information content (AvgIpc) is 2.81. The maximum Gasteiger partial charge on any atom is 0.227 e. The Bertz CT molecular complexity index is 845. The van der Waals surface area contributed by atoms with Gasteiger partial charge in [-0.2, -0.15) is 0 Å². The molecule has 0 aliphatic carbocycles. The van der Waals surface area contributed by atoms with Gasteiger partial charge in [0.1, 0.15) is 0 Å². The summed E-state index contributed by atoms with van der Waals surface area (Å²) in [6.45, 7) is 6.82. The lowest BCUT2D eigenvalue weighted by Gasteiger charge is -2.39. The molecule has 1 aliphatic heterocycles. The molecule has 31 heavy (non-hydrogen) atoms. The van der Waals surface area contributed by atoms with Crippen molar-refractivity contribution in [2.24, 2.45) is 0 Å². The van der Waals surface area contributed by atoms with Crippen LogP contribution in [0.4, 0.5) is 11.4 Å². The zero-order valence-electron chi connectivity index (χ0n) is 18.8. The molecule has 5 nitrogen and oxygen atoms in total. The summed E-state index contributed by atoms with van der Waals surface area (Å²) in [7, 11) is 0. The van der Waals surface area contributed by atoms with E-state index in [0.717, 1.165) is 56.7 Å². The highest BCUT2D eigenvalue weighted by Gasteiger charge is 2.29. The number of rotatable bonds is 9. The molecule has 1 heterocycles. The monoisotopic (exact) mass is 421 g/mol. The number of hydrogen-bond donors (Lipinski definition) is 1. The predicted octanol–water partition coefficient (Wildman–Crippen LogP) is 4.88. The molecule has 1 aliphatic rings. The summed E-state index contributed by atoms with van der Waals surface area (Å²) in [5.41, 5.74) is 2.93. The van der Waals surface area contributed by atoms with Gasteiger partial charge in [-0.05, 0) is 49.9 Å². The van der Waals surface area contributed by atoms with Gasteiger partial charge in [0, 0.05) is 32.0 Å². The largest absolute Gasteiger partial charge is 0.324 e. The summed E-state index contributed by atoms with van der Waals surface area (Å²) in [5.74, 6) is 0.0744. The highest BCUT2D eigenvalue weighted by atomic mass is 16.2. The summed E-state index contributed by atoms with van der Waals surface area (Å²) in [4.78, 5) is 29.4. The van der Waals surface area contributed by atoms with Crippen LogP contribution in [0.25, 0.3) is 0 Å². The van der Waals surface area contributed by atoms with Gasteiger partial charge in [-0.15, -0.1) is 0 Å². The summed E-state index contributed by atoms with van der Waals surface area (Å²) < 4.78 is 0. The van der Waals surface area contributed by atoms with E-state index in [0.29, 0.717) is 12.8 Å². The fraction of sp³-hybridized carbons (Fsp3) is 0.462. The summed E-state index contributed by atoms with van der Waals surface area (Å²) in [6, 6.07) is 18.5. The van der Waals surface area contributed by atoms with Gasteiger partial charge in [0.25, 0.3) is 0 Å². The first-order valence-corrected chi connectivity index (χ1v) is 11.6. The molecule has 2 aromatic rings. The van der Waals surface area contributed by atoms with Crippen molar-refractivity contribution < 1.29 is 9.59 Å². The van der Waals surface area contributed by atoms with Crippen molar-refractivity contribution in [2.45, 2.75) is 58.4 Å². The van der Waals surface area contributed by atoms with Crippen LogP contribution in [0.5, 0.6) is 0 Å². The molecule has 0 saturated carbocycles. The summed E-state index contributed by atoms with van der Waals surface area (Å²) >= 11 is 0. The molecular formula is C26H35N3O2. The maximum absolute atomic E-state index is 12.9. The third kappa shape index (κ3) is 6.41. The molecule has 5 heteroatoms. The van der Waals surface area contributed by atoms with E-state index >= 15 is 0 Å². The standard InChI is InChI=1S/C26H35N3O2/c1-3-25(30)27-23-14-8-9-15-24(23)29(26(31)4-2)22-16-19-28(20-17-22)18-10-13-21-11-6-5-7-12-21/h5-9,11-12,14-15,22H,3-4,10,13,16-20H2,1-2H3,(H,27,30). The first kappa shape index (κ1) is 23.0. The Morgan fingerprint density at radius 2 is 1.65 bits per heavy atom. The minimum atomic E-state index is -0.0374. The van der Waals surface area contributed by atoms with Gasteiger partial charge in [0.05, 0.1) is 11.4 Å². The van der Waals surface area contributed by atoms with E-state index in [1.165, 1.54) is 5.56 Å². The van der Waals surface area contributed by atoms with Crippen LogP contribution >= 0.6 is 0 Å². The molecule has 3 rings (SSSR count). The normalized spacial score (nSPS) is 14.9. The fourth-order valence-electron chi connectivity index (χ4n) is 4.29. The molecule has 1 N–H and O–H groups in total. The van der Waals surface area contributed by atoms with Crippen LogP contribution in [0.15, 0.2) is 54.6 Å². The average molecular weight is 422 g/mol. The molecule has 0 aromatic heterocycles. The maximum atomic E-state index is 12.9. The van der Waals surface area contributed by atoms with Crippen molar-refractivity contribution in [1.29, 1.82) is 0 Å². The predicted molar refractivity (Wildman–Crippen MR) is 127 cm³/mol. The van der Waals surface area contributed by atoms with Gasteiger partial charge in [-0.3, -0.25) is 9.59 Å². The van der Waals surface area contributed by atoms with Crippen molar-refractivity contribution in [3.8, 4) is 0 Å². The highest BCUT2D eigenvalue weighted by Crippen LogP contribution is 2.31. The lowest BCUT2D eigenvalue weighted by Crippen LogP contribution is -2.48. The van der Waals surface area contributed by atoms with E-state index in [1.807, 2.05) is 43.0 Å². The topological polar surface area (TPSA) is 52.7 Å². The van der Waals surface area contributed by atoms with E-state index in [9.17, 15) is 9.59 Å². The molecule has 0 bridgehead atoms. The Morgan fingerprint density at radius 3 is 2.32 bits per heavy atom. The van der Waals surface area contributed by atoms with Gasteiger partial charge in [-0.25, -0.2) is 0 Å². The lowest BCUT2D eigenvalue weighted by atomic mass is 10.0. The first-order chi connectivity index (χ1) is 15.1. The molecule has 0 spiro atoms. The number of piperidine rings is 1. The Morgan fingerprint density at radius 1 is 0.968 bits per heavy atom. The Balaban J connectivity index is 1.62. The number of hydrogen-bond acceptors (Lipinski definition) is 3. The number of nitrogens with zero attached hydrogens (tertiary/aromatic N) is 2. The number of aryl methyl sites for hydroxylation is 1. The Labute approximate surface area is 186 Å². The number of amides is 2. The summed E-state index contributed by atoms with van der Waals surface area (Å²) in [6.07, 6.45) is 5.02. The van der Waals surface area contributed by atoms with Crippen molar-refractivity contribution in [3.63, 3.8) is 0 Å². The van der Waals surface area contributed by atoms with E-state index in [4.69, 9.17) is 0 Å². The number of anilines is 2. The minimum Gasteiger partial charge on any atom is -0.324 e. The van der Waals surface area contributed by atoms with E-state index in [1.54, 1.807) is 0 Å². The zero-order chi connectivity index (χ0) is 22.1. The fourth-order valence-corrected chi connectivity index (χ4v) is 4.29. The minimum absolute atomic E-state index is 0.0374. The number of carbonyl (C=O) groups excluding carboxylic acids is 2. The van der Waals surface area contributed by atoms with Crippen molar-refractivity contribution in [2.75, 3.05) is 29.9 Å². The molecule has 1 saturated heterocycles. The Kier molecular flexibility index (Phi) is 8.65. The van der Waals surface area contributed by atoms with Crippen LogP contribution in [0, 0.1) is 0 Å². The quantitative estimate of drug-likeness (QED) is 0.628. The lowest BCUT2D eigenvalue weighted by molar-refractivity contribution is -0.119. The van der Waals surface area contributed by atoms with Crippen molar-refractivity contribution in [1.82, 2.24) is 4.90 Å². The first-order valence-electron chi connectivity index (χ1n) is 11.6.